The Hall–Kier alpha value is -2.74. The van der Waals surface area contributed by atoms with Crippen LogP contribution in [0.4, 0.5) is 13.2 Å². The first kappa shape index (κ1) is 21.0. The summed E-state index contributed by atoms with van der Waals surface area (Å²) in [6, 6.07) is 15.8. The molecular weight excluding hydrogens is 383 g/mol. The van der Waals surface area contributed by atoms with Crippen molar-refractivity contribution < 1.29 is 23.0 Å². The van der Waals surface area contributed by atoms with E-state index in [4.69, 9.17) is 0 Å². The van der Waals surface area contributed by atoms with Crippen molar-refractivity contribution in [3.05, 3.63) is 65.7 Å². The first-order valence-corrected chi connectivity index (χ1v) is 9.39. The zero-order valence-electron chi connectivity index (χ0n) is 16.0. The summed E-state index contributed by atoms with van der Waals surface area (Å²) in [6.45, 7) is 0.466. The van der Waals surface area contributed by atoms with E-state index >= 15 is 0 Å². The predicted molar refractivity (Wildman–Crippen MR) is 105 cm³/mol. The van der Waals surface area contributed by atoms with Gasteiger partial charge in [-0.15, -0.1) is 13.2 Å². The van der Waals surface area contributed by atoms with Gasteiger partial charge in [-0.2, -0.15) is 0 Å². The molecule has 0 bridgehead atoms. The Kier molecular flexibility index (Phi) is 6.64. The van der Waals surface area contributed by atoms with Crippen LogP contribution in [-0.4, -0.2) is 43.7 Å². The Labute approximate surface area is 167 Å². The third-order valence-electron chi connectivity index (χ3n) is 4.89. The van der Waals surface area contributed by atoms with Crippen LogP contribution in [0.15, 0.2) is 59.6 Å². The summed E-state index contributed by atoms with van der Waals surface area (Å²) >= 11 is 0. The SMILES string of the molecule is CN=C(NCC(CO)c1ccccc1)NC1CC1c1ccccc1OC(F)(F)F. The van der Waals surface area contributed by atoms with Crippen LogP contribution < -0.4 is 15.4 Å². The van der Waals surface area contributed by atoms with Gasteiger partial charge in [0.05, 0.1) is 6.61 Å². The van der Waals surface area contributed by atoms with Gasteiger partial charge in [-0.1, -0.05) is 48.5 Å². The summed E-state index contributed by atoms with van der Waals surface area (Å²) < 4.78 is 42.0. The van der Waals surface area contributed by atoms with Gasteiger partial charge in [0.25, 0.3) is 0 Å². The molecule has 29 heavy (non-hydrogen) atoms. The van der Waals surface area contributed by atoms with Gasteiger partial charge >= 0.3 is 6.36 Å². The number of aliphatic imine (C=N–C) groups is 1. The number of aliphatic hydroxyl groups excluding tert-OH is 1. The molecule has 5 nitrogen and oxygen atoms in total. The van der Waals surface area contributed by atoms with Crippen molar-refractivity contribution in [2.24, 2.45) is 4.99 Å². The minimum atomic E-state index is -4.72. The summed E-state index contributed by atoms with van der Waals surface area (Å²) in [5.41, 5.74) is 1.54. The second-order valence-electron chi connectivity index (χ2n) is 6.92. The number of para-hydroxylation sites is 1. The average Bonchev–Trinajstić information content (AvgIpc) is 3.46. The van der Waals surface area contributed by atoms with Crippen LogP contribution in [0, 0.1) is 0 Å². The molecule has 2 aromatic carbocycles. The van der Waals surface area contributed by atoms with Crippen molar-refractivity contribution in [2.45, 2.75) is 30.7 Å². The summed E-state index contributed by atoms with van der Waals surface area (Å²) in [4.78, 5) is 4.18. The minimum Gasteiger partial charge on any atom is -0.405 e. The number of nitrogens with one attached hydrogen (secondary N) is 2. The maximum absolute atomic E-state index is 12.6. The summed E-state index contributed by atoms with van der Waals surface area (Å²) in [7, 11) is 1.63. The molecule has 0 saturated heterocycles. The first-order valence-electron chi connectivity index (χ1n) is 9.39. The lowest BCUT2D eigenvalue weighted by atomic mass is 10.0. The predicted octanol–water partition coefficient (Wildman–Crippen LogP) is 3.38. The highest BCUT2D eigenvalue weighted by atomic mass is 19.4. The van der Waals surface area contributed by atoms with Crippen molar-refractivity contribution in [1.29, 1.82) is 0 Å². The Morgan fingerprint density at radius 3 is 2.52 bits per heavy atom. The molecular formula is C21H24F3N3O2. The van der Waals surface area contributed by atoms with Gasteiger partial charge in [0.15, 0.2) is 5.96 Å². The number of halogens is 3. The molecule has 0 spiro atoms. The lowest BCUT2D eigenvalue weighted by Crippen LogP contribution is -2.41. The number of hydrogen-bond acceptors (Lipinski definition) is 3. The Bertz CT molecular complexity index is 827. The number of alkyl halides is 3. The molecule has 0 amide bonds. The van der Waals surface area contributed by atoms with Gasteiger partial charge in [-0.3, -0.25) is 4.99 Å². The molecule has 8 heteroatoms. The van der Waals surface area contributed by atoms with Gasteiger partial charge in [-0.05, 0) is 23.6 Å². The van der Waals surface area contributed by atoms with Gasteiger partial charge in [0.1, 0.15) is 5.75 Å². The summed E-state index contributed by atoms with van der Waals surface area (Å²) in [6.07, 6.45) is -4.04. The molecule has 3 N–H and O–H groups in total. The normalized spacial score (nSPS) is 20.1. The molecule has 3 atom stereocenters. The van der Waals surface area contributed by atoms with Crippen molar-refractivity contribution in [3.63, 3.8) is 0 Å². The lowest BCUT2D eigenvalue weighted by Gasteiger charge is -2.18. The van der Waals surface area contributed by atoms with Crippen molar-refractivity contribution >= 4 is 5.96 Å². The van der Waals surface area contributed by atoms with E-state index < -0.39 is 6.36 Å². The summed E-state index contributed by atoms with van der Waals surface area (Å²) in [5.74, 6) is 0.197. The van der Waals surface area contributed by atoms with Gasteiger partial charge in [-0.25, -0.2) is 0 Å². The number of guanidine groups is 1. The fourth-order valence-electron chi connectivity index (χ4n) is 3.31. The van der Waals surface area contributed by atoms with Crippen molar-refractivity contribution in [3.8, 4) is 5.75 Å². The van der Waals surface area contributed by atoms with Crippen LogP contribution in [0.25, 0.3) is 0 Å². The van der Waals surface area contributed by atoms with E-state index in [1.807, 2.05) is 30.3 Å². The highest BCUT2D eigenvalue weighted by molar-refractivity contribution is 5.80. The quantitative estimate of drug-likeness (QED) is 0.486. The molecule has 1 fully saturated rings. The fourth-order valence-corrected chi connectivity index (χ4v) is 3.31. The van der Waals surface area contributed by atoms with Crippen LogP contribution in [0.2, 0.25) is 0 Å². The van der Waals surface area contributed by atoms with Gasteiger partial charge in [0.2, 0.25) is 0 Å². The molecule has 0 aliphatic heterocycles. The van der Waals surface area contributed by atoms with Crippen LogP contribution in [-0.2, 0) is 0 Å². The maximum atomic E-state index is 12.6. The number of nitrogens with zero attached hydrogens (tertiary/aromatic N) is 1. The van der Waals surface area contributed by atoms with E-state index in [0.29, 0.717) is 24.5 Å². The van der Waals surface area contributed by atoms with E-state index in [2.05, 4.69) is 20.4 Å². The highest BCUT2D eigenvalue weighted by Gasteiger charge is 2.42. The summed E-state index contributed by atoms with van der Waals surface area (Å²) in [5, 5.41) is 16.1. The van der Waals surface area contributed by atoms with E-state index in [1.165, 1.54) is 12.1 Å². The molecule has 3 unspecified atom stereocenters. The highest BCUT2D eigenvalue weighted by Crippen LogP contribution is 2.45. The van der Waals surface area contributed by atoms with E-state index in [0.717, 1.165) is 5.56 Å². The Morgan fingerprint density at radius 2 is 1.86 bits per heavy atom. The molecule has 0 radical (unpaired) electrons. The lowest BCUT2D eigenvalue weighted by molar-refractivity contribution is -0.274. The molecule has 0 aromatic heterocycles. The minimum absolute atomic E-state index is 0.0117. The van der Waals surface area contributed by atoms with Crippen LogP contribution >= 0.6 is 0 Å². The zero-order valence-corrected chi connectivity index (χ0v) is 16.0. The topological polar surface area (TPSA) is 65.9 Å². The molecule has 156 valence electrons. The van der Waals surface area contributed by atoms with Crippen LogP contribution in [0.1, 0.15) is 29.4 Å². The first-order chi connectivity index (χ1) is 13.9. The third-order valence-corrected chi connectivity index (χ3v) is 4.89. The molecule has 3 rings (SSSR count). The molecule has 1 aliphatic carbocycles. The molecule has 1 saturated carbocycles. The maximum Gasteiger partial charge on any atom is 0.573 e. The van der Waals surface area contributed by atoms with Crippen LogP contribution in [0.5, 0.6) is 5.75 Å². The van der Waals surface area contributed by atoms with E-state index in [-0.39, 0.29) is 30.2 Å². The largest absolute Gasteiger partial charge is 0.573 e. The fraction of sp³-hybridized carbons (Fsp3) is 0.381. The van der Waals surface area contributed by atoms with E-state index in [1.54, 1.807) is 19.2 Å². The standard InChI is InChI=1S/C21H24F3N3O2/c1-25-20(26-12-15(13-28)14-7-3-2-4-8-14)27-18-11-17(18)16-9-5-6-10-19(16)29-21(22,23)24/h2-10,15,17-18,28H,11-13H2,1H3,(H2,25,26,27). The molecule has 1 aliphatic rings. The number of aliphatic hydroxyl groups is 1. The smallest absolute Gasteiger partial charge is 0.405 e. The van der Waals surface area contributed by atoms with Crippen LogP contribution in [0.3, 0.4) is 0 Å². The van der Waals surface area contributed by atoms with Crippen molar-refractivity contribution in [2.75, 3.05) is 20.2 Å². The van der Waals surface area contributed by atoms with Gasteiger partial charge < -0.3 is 20.5 Å². The monoisotopic (exact) mass is 407 g/mol. The zero-order chi connectivity index (χ0) is 20.9. The number of ether oxygens (including phenoxy) is 1. The second-order valence-corrected chi connectivity index (χ2v) is 6.92. The Morgan fingerprint density at radius 1 is 1.17 bits per heavy atom. The Balaban J connectivity index is 1.57. The average molecular weight is 407 g/mol. The van der Waals surface area contributed by atoms with Gasteiger partial charge in [0, 0.05) is 31.5 Å². The second kappa shape index (κ2) is 9.17. The number of benzene rings is 2. The third kappa shape index (κ3) is 5.87. The molecule has 2 aromatic rings. The number of rotatable bonds is 7. The number of hydrogen-bond donors (Lipinski definition) is 3. The van der Waals surface area contributed by atoms with E-state index in [9.17, 15) is 18.3 Å². The molecule has 0 heterocycles. The van der Waals surface area contributed by atoms with Crippen molar-refractivity contribution in [1.82, 2.24) is 10.6 Å².